The Bertz CT molecular complexity index is 1070. The van der Waals surface area contributed by atoms with Gasteiger partial charge in [0, 0.05) is 5.39 Å². The van der Waals surface area contributed by atoms with Crippen molar-refractivity contribution in [3.8, 4) is 11.5 Å². The van der Waals surface area contributed by atoms with Crippen LogP contribution < -0.4 is 4.74 Å². The number of benzene rings is 3. The van der Waals surface area contributed by atoms with Crippen molar-refractivity contribution in [3.63, 3.8) is 0 Å². The molecule has 0 radical (unpaired) electrons. The number of rotatable bonds is 3. The fourth-order valence-corrected chi connectivity index (χ4v) is 3.60. The minimum atomic E-state index is 0.140. The maximum Gasteiger partial charge on any atom is 0.161 e. The third kappa shape index (κ3) is 2.61. The second-order valence-electron chi connectivity index (χ2n) is 5.45. The standard InChI is InChI=1S/C20H15NO2S/c1-23-17-12-13(6-9-16(17)22)7-11-19-21-20-15-5-3-2-4-14(15)8-10-18(20)24-19/h2-12,22H,1H3/b11-7-. The Balaban J connectivity index is 1.73. The van der Waals surface area contributed by atoms with Gasteiger partial charge in [0.15, 0.2) is 11.5 Å². The number of phenolic OH excluding ortho intramolecular Hbond substituents is 1. The summed E-state index contributed by atoms with van der Waals surface area (Å²) in [5.74, 6) is 0.605. The molecule has 0 bridgehead atoms. The zero-order valence-electron chi connectivity index (χ0n) is 13.1. The van der Waals surface area contributed by atoms with Gasteiger partial charge in [-0.1, -0.05) is 42.5 Å². The molecule has 0 saturated heterocycles. The van der Waals surface area contributed by atoms with Gasteiger partial charge < -0.3 is 9.84 Å². The number of hydrogen-bond acceptors (Lipinski definition) is 4. The molecular weight excluding hydrogens is 318 g/mol. The highest BCUT2D eigenvalue weighted by Gasteiger charge is 2.06. The van der Waals surface area contributed by atoms with E-state index in [4.69, 9.17) is 9.72 Å². The molecule has 24 heavy (non-hydrogen) atoms. The Labute approximate surface area is 143 Å². The molecule has 3 aromatic carbocycles. The highest BCUT2D eigenvalue weighted by molar-refractivity contribution is 7.19. The molecule has 1 heterocycles. The third-order valence-electron chi connectivity index (χ3n) is 3.92. The van der Waals surface area contributed by atoms with E-state index in [0.717, 1.165) is 16.1 Å². The second-order valence-corrected chi connectivity index (χ2v) is 6.51. The van der Waals surface area contributed by atoms with Crippen molar-refractivity contribution in [3.05, 3.63) is 65.2 Å². The van der Waals surface area contributed by atoms with Crippen molar-refractivity contribution in [1.29, 1.82) is 0 Å². The Kier molecular flexibility index (Phi) is 3.67. The first kappa shape index (κ1) is 14.7. The quantitative estimate of drug-likeness (QED) is 0.551. The number of phenols is 1. The van der Waals surface area contributed by atoms with Crippen LogP contribution in [0, 0.1) is 0 Å². The predicted molar refractivity (Wildman–Crippen MR) is 101 cm³/mol. The predicted octanol–water partition coefficient (Wildman–Crippen LogP) is 5.33. The fraction of sp³-hybridized carbons (Fsp3) is 0.0500. The molecule has 0 atom stereocenters. The van der Waals surface area contributed by atoms with Crippen LogP contribution >= 0.6 is 11.3 Å². The van der Waals surface area contributed by atoms with E-state index in [2.05, 4.69) is 24.3 Å². The largest absolute Gasteiger partial charge is 0.504 e. The molecular formula is C20H15NO2S. The van der Waals surface area contributed by atoms with Gasteiger partial charge in [0.05, 0.1) is 17.3 Å². The van der Waals surface area contributed by atoms with Crippen LogP contribution in [0.3, 0.4) is 0 Å². The lowest BCUT2D eigenvalue weighted by Crippen LogP contribution is -1.84. The fourth-order valence-electron chi connectivity index (χ4n) is 2.72. The number of thiazole rings is 1. The first-order chi connectivity index (χ1) is 11.7. The average Bonchev–Trinajstić information content (AvgIpc) is 3.04. The number of nitrogens with zero attached hydrogens (tertiary/aromatic N) is 1. The van der Waals surface area contributed by atoms with E-state index in [1.54, 1.807) is 30.6 Å². The maximum absolute atomic E-state index is 9.66. The summed E-state index contributed by atoms with van der Waals surface area (Å²) >= 11 is 1.67. The topological polar surface area (TPSA) is 42.4 Å². The zero-order valence-corrected chi connectivity index (χ0v) is 13.9. The molecule has 0 amide bonds. The Morgan fingerprint density at radius 2 is 1.92 bits per heavy atom. The number of methoxy groups -OCH3 is 1. The second kappa shape index (κ2) is 5.98. The summed E-state index contributed by atoms with van der Waals surface area (Å²) in [4.78, 5) is 4.77. The van der Waals surface area contributed by atoms with Crippen molar-refractivity contribution in [2.75, 3.05) is 7.11 Å². The molecule has 0 saturated carbocycles. The van der Waals surface area contributed by atoms with Gasteiger partial charge in [-0.25, -0.2) is 4.98 Å². The average molecular weight is 333 g/mol. The molecule has 118 valence electrons. The Hall–Kier alpha value is -2.85. The smallest absolute Gasteiger partial charge is 0.161 e. The summed E-state index contributed by atoms with van der Waals surface area (Å²) in [5, 5.41) is 13.0. The van der Waals surface area contributed by atoms with Crippen LogP contribution in [-0.4, -0.2) is 17.2 Å². The van der Waals surface area contributed by atoms with E-state index in [-0.39, 0.29) is 5.75 Å². The number of aromatic nitrogens is 1. The molecule has 4 rings (SSSR count). The normalized spacial score (nSPS) is 11.5. The van der Waals surface area contributed by atoms with Gasteiger partial charge >= 0.3 is 0 Å². The molecule has 1 N–H and O–H groups in total. The van der Waals surface area contributed by atoms with Crippen molar-refractivity contribution in [2.24, 2.45) is 0 Å². The molecule has 4 aromatic rings. The highest BCUT2D eigenvalue weighted by atomic mass is 32.1. The van der Waals surface area contributed by atoms with Gasteiger partial charge in [0.2, 0.25) is 0 Å². The van der Waals surface area contributed by atoms with Gasteiger partial charge in [-0.05, 0) is 35.2 Å². The van der Waals surface area contributed by atoms with Crippen molar-refractivity contribution in [1.82, 2.24) is 4.98 Å². The maximum atomic E-state index is 9.66. The third-order valence-corrected chi connectivity index (χ3v) is 4.91. The summed E-state index contributed by atoms with van der Waals surface area (Å²) in [6.07, 6.45) is 3.97. The lowest BCUT2D eigenvalue weighted by atomic mass is 10.1. The molecule has 0 fully saturated rings. The molecule has 3 nitrogen and oxygen atoms in total. The monoisotopic (exact) mass is 333 g/mol. The van der Waals surface area contributed by atoms with Crippen molar-refractivity contribution >= 4 is 44.5 Å². The molecule has 0 aliphatic heterocycles. The SMILES string of the molecule is COc1cc(/C=C\c2nc3c(ccc4ccccc43)s2)ccc1O. The Morgan fingerprint density at radius 3 is 2.79 bits per heavy atom. The van der Waals surface area contributed by atoms with E-state index in [1.807, 2.05) is 30.4 Å². The lowest BCUT2D eigenvalue weighted by molar-refractivity contribution is 0.373. The summed E-state index contributed by atoms with van der Waals surface area (Å²) in [6.45, 7) is 0. The van der Waals surface area contributed by atoms with Crippen LogP contribution in [-0.2, 0) is 0 Å². The molecule has 0 spiro atoms. The van der Waals surface area contributed by atoms with E-state index >= 15 is 0 Å². The van der Waals surface area contributed by atoms with Gasteiger partial charge in [-0.2, -0.15) is 0 Å². The van der Waals surface area contributed by atoms with E-state index < -0.39 is 0 Å². The minimum absolute atomic E-state index is 0.140. The number of fused-ring (bicyclic) bond motifs is 3. The van der Waals surface area contributed by atoms with E-state index in [1.165, 1.54) is 15.5 Å². The molecule has 0 aliphatic rings. The van der Waals surface area contributed by atoms with Crippen LogP contribution in [0.25, 0.3) is 33.1 Å². The summed E-state index contributed by atoms with van der Waals surface area (Å²) in [5.41, 5.74) is 2.00. The van der Waals surface area contributed by atoms with Crippen LogP contribution in [0.15, 0.2) is 54.6 Å². The van der Waals surface area contributed by atoms with Gasteiger partial charge in [0.1, 0.15) is 5.01 Å². The van der Waals surface area contributed by atoms with Gasteiger partial charge in [-0.3, -0.25) is 0 Å². The van der Waals surface area contributed by atoms with Gasteiger partial charge in [-0.15, -0.1) is 11.3 Å². The number of aromatic hydroxyl groups is 1. The molecule has 0 unspecified atom stereocenters. The number of ether oxygens (including phenoxy) is 1. The van der Waals surface area contributed by atoms with Crippen LogP contribution in [0.2, 0.25) is 0 Å². The first-order valence-corrected chi connectivity index (χ1v) is 8.39. The molecule has 0 aliphatic carbocycles. The molecule has 1 aromatic heterocycles. The van der Waals surface area contributed by atoms with Crippen LogP contribution in [0.5, 0.6) is 11.5 Å². The molecule has 4 heteroatoms. The van der Waals surface area contributed by atoms with E-state index in [0.29, 0.717) is 5.75 Å². The first-order valence-electron chi connectivity index (χ1n) is 7.58. The lowest BCUT2D eigenvalue weighted by Gasteiger charge is -2.03. The van der Waals surface area contributed by atoms with E-state index in [9.17, 15) is 5.11 Å². The summed E-state index contributed by atoms with van der Waals surface area (Å²) in [6, 6.07) is 17.8. The zero-order chi connectivity index (χ0) is 16.5. The minimum Gasteiger partial charge on any atom is -0.504 e. The number of hydrogen-bond donors (Lipinski definition) is 1. The van der Waals surface area contributed by atoms with Crippen LogP contribution in [0.4, 0.5) is 0 Å². The van der Waals surface area contributed by atoms with Crippen LogP contribution in [0.1, 0.15) is 10.6 Å². The van der Waals surface area contributed by atoms with Crippen molar-refractivity contribution in [2.45, 2.75) is 0 Å². The summed E-state index contributed by atoms with van der Waals surface area (Å²) in [7, 11) is 1.54. The van der Waals surface area contributed by atoms with Gasteiger partial charge in [0.25, 0.3) is 0 Å². The highest BCUT2D eigenvalue weighted by Crippen LogP contribution is 2.31. The van der Waals surface area contributed by atoms with Crippen molar-refractivity contribution < 1.29 is 9.84 Å². The Morgan fingerprint density at radius 1 is 1.04 bits per heavy atom. The summed E-state index contributed by atoms with van der Waals surface area (Å²) < 4.78 is 6.31.